The molecule has 1 rings (SSSR count). The second-order valence-electron chi connectivity index (χ2n) is 4.28. The largest absolute Gasteiger partial charge is 0.314 e. The van der Waals surface area contributed by atoms with Gasteiger partial charge in [0.2, 0.25) is 0 Å². The lowest BCUT2D eigenvalue weighted by Crippen LogP contribution is -2.32. The first kappa shape index (κ1) is 13.8. The quantitative estimate of drug-likeness (QED) is 0.837. The molecule has 1 aromatic rings. The van der Waals surface area contributed by atoms with E-state index in [1.807, 2.05) is 18.2 Å². The van der Waals surface area contributed by atoms with E-state index in [0.717, 1.165) is 13.0 Å². The summed E-state index contributed by atoms with van der Waals surface area (Å²) in [6.45, 7) is 7.59. The van der Waals surface area contributed by atoms with Crippen LogP contribution in [0.4, 0.5) is 0 Å². The summed E-state index contributed by atoms with van der Waals surface area (Å²) >= 11 is 11.9. The van der Waals surface area contributed by atoms with Crippen molar-refractivity contribution in [3.63, 3.8) is 0 Å². The fourth-order valence-corrected chi connectivity index (χ4v) is 2.06. The molecule has 0 aliphatic rings. The maximum absolute atomic E-state index is 5.99. The lowest BCUT2D eigenvalue weighted by Gasteiger charge is -2.20. The fraction of sp³-hybridized carbons (Fsp3) is 0.538. The molecule has 0 aromatic heterocycles. The average Bonchev–Trinajstić information content (AvgIpc) is 2.24. The van der Waals surface area contributed by atoms with Crippen molar-refractivity contribution in [1.29, 1.82) is 0 Å². The van der Waals surface area contributed by atoms with E-state index in [0.29, 0.717) is 22.0 Å². The average molecular weight is 260 g/mol. The Labute approximate surface area is 108 Å². The molecule has 0 saturated heterocycles. The number of halogens is 2. The lowest BCUT2D eigenvalue weighted by molar-refractivity contribution is 0.406. The topological polar surface area (TPSA) is 12.0 Å². The predicted molar refractivity (Wildman–Crippen MR) is 72.5 cm³/mol. The van der Waals surface area contributed by atoms with Gasteiger partial charge in [-0.05, 0) is 43.5 Å². The Kier molecular flexibility index (Phi) is 5.60. The van der Waals surface area contributed by atoms with Gasteiger partial charge in [-0.25, -0.2) is 0 Å². The predicted octanol–water partition coefficient (Wildman–Crippen LogP) is 4.17. The van der Waals surface area contributed by atoms with Crippen molar-refractivity contribution < 1.29 is 0 Å². The molecule has 0 amide bonds. The molecule has 0 bridgehead atoms. The van der Waals surface area contributed by atoms with Crippen LogP contribution in [0.2, 0.25) is 10.0 Å². The second kappa shape index (κ2) is 6.48. The van der Waals surface area contributed by atoms with Crippen molar-refractivity contribution in [2.24, 2.45) is 5.92 Å². The Bertz CT molecular complexity index is 339. The van der Waals surface area contributed by atoms with Crippen molar-refractivity contribution in [2.45, 2.75) is 33.2 Å². The highest BCUT2D eigenvalue weighted by atomic mass is 35.5. The normalized spacial score (nSPS) is 14.8. The zero-order valence-corrected chi connectivity index (χ0v) is 11.6. The van der Waals surface area contributed by atoms with Crippen molar-refractivity contribution in [3.05, 3.63) is 33.8 Å². The molecule has 90 valence electrons. The highest BCUT2D eigenvalue weighted by molar-refractivity contribution is 6.42. The van der Waals surface area contributed by atoms with Crippen LogP contribution in [0.15, 0.2) is 18.2 Å². The number of nitrogens with one attached hydrogen (secondary N) is 1. The Morgan fingerprint density at radius 1 is 1.19 bits per heavy atom. The molecule has 3 heteroatoms. The smallest absolute Gasteiger partial charge is 0.0595 e. The molecular weight excluding hydrogens is 241 g/mol. The number of rotatable bonds is 5. The first-order valence-electron chi connectivity index (χ1n) is 5.72. The van der Waals surface area contributed by atoms with Gasteiger partial charge in [-0.15, -0.1) is 0 Å². The molecule has 0 radical (unpaired) electrons. The summed E-state index contributed by atoms with van der Waals surface area (Å²) in [5, 5.41) is 4.70. The molecule has 0 saturated carbocycles. The molecule has 0 aliphatic carbocycles. The van der Waals surface area contributed by atoms with Crippen molar-refractivity contribution in [1.82, 2.24) is 5.32 Å². The third-order valence-electron chi connectivity index (χ3n) is 2.92. The van der Waals surface area contributed by atoms with Gasteiger partial charge in [-0.3, -0.25) is 0 Å². The third-order valence-corrected chi connectivity index (χ3v) is 3.66. The van der Waals surface area contributed by atoms with Crippen LogP contribution in [0.5, 0.6) is 0 Å². The summed E-state index contributed by atoms with van der Waals surface area (Å²) in [7, 11) is 0. The lowest BCUT2D eigenvalue weighted by atomic mass is 9.95. The zero-order valence-electron chi connectivity index (χ0n) is 10.1. The zero-order chi connectivity index (χ0) is 12.1. The SMILES string of the molecule is CCNC(C)C(C)Cc1ccc(Cl)c(Cl)c1. The van der Waals surface area contributed by atoms with E-state index in [-0.39, 0.29) is 0 Å². The van der Waals surface area contributed by atoms with Crippen LogP contribution in [0.1, 0.15) is 26.3 Å². The van der Waals surface area contributed by atoms with E-state index < -0.39 is 0 Å². The number of benzene rings is 1. The van der Waals surface area contributed by atoms with Gasteiger partial charge in [-0.1, -0.05) is 43.1 Å². The number of hydrogen-bond donors (Lipinski definition) is 1. The molecule has 2 unspecified atom stereocenters. The van der Waals surface area contributed by atoms with Crippen LogP contribution >= 0.6 is 23.2 Å². The highest BCUT2D eigenvalue weighted by Crippen LogP contribution is 2.24. The van der Waals surface area contributed by atoms with Gasteiger partial charge in [0, 0.05) is 6.04 Å². The van der Waals surface area contributed by atoms with Gasteiger partial charge >= 0.3 is 0 Å². The minimum absolute atomic E-state index is 0.513. The maximum Gasteiger partial charge on any atom is 0.0595 e. The fourth-order valence-electron chi connectivity index (χ4n) is 1.74. The molecule has 1 aromatic carbocycles. The van der Waals surface area contributed by atoms with Gasteiger partial charge in [0.05, 0.1) is 10.0 Å². The summed E-state index contributed by atoms with van der Waals surface area (Å²) in [5.41, 5.74) is 1.24. The van der Waals surface area contributed by atoms with Crippen molar-refractivity contribution in [3.8, 4) is 0 Å². The standard InChI is InChI=1S/C13H19Cl2N/c1-4-16-10(3)9(2)7-11-5-6-12(14)13(15)8-11/h5-6,8-10,16H,4,7H2,1-3H3. The van der Waals surface area contributed by atoms with E-state index >= 15 is 0 Å². The van der Waals surface area contributed by atoms with E-state index in [2.05, 4.69) is 26.1 Å². The summed E-state index contributed by atoms with van der Waals surface area (Å²) < 4.78 is 0. The molecule has 0 heterocycles. The third kappa shape index (κ3) is 3.97. The summed E-state index contributed by atoms with van der Waals surface area (Å²) in [5.74, 6) is 0.581. The highest BCUT2D eigenvalue weighted by Gasteiger charge is 2.12. The minimum Gasteiger partial charge on any atom is -0.314 e. The first-order chi connectivity index (χ1) is 7.54. The van der Waals surface area contributed by atoms with Crippen LogP contribution in [-0.4, -0.2) is 12.6 Å². The van der Waals surface area contributed by atoms with Gasteiger partial charge < -0.3 is 5.32 Å². The van der Waals surface area contributed by atoms with Crippen molar-refractivity contribution in [2.75, 3.05) is 6.54 Å². The first-order valence-corrected chi connectivity index (χ1v) is 6.47. The van der Waals surface area contributed by atoms with Gasteiger partial charge in [-0.2, -0.15) is 0 Å². The van der Waals surface area contributed by atoms with Crippen LogP contribution in [-0.2, 0) is 6.42 Å². The molecule has 1 N–H and O–H groups in total. The summed E-state index contributed by atoms with van der Waals surface area (Å²) in [6.07, 6.45) is 1.02. The van der Waals surface area contributed by atoms with Crippen LogP contribution in [0, 0.1) is 5.92 Å². The second-order valence-corrected chi connectivity index (χ2v) is 5.09. The number of hydrogen-bond acceptors (Lipinski definition) is 1. The molecule has 0 spiro atoms. The van der Waals surface area contributed by atoms with Gasteiger partial charge in [0.1, 0.15) is 0 Å². The monoisotopic (exact) mass is 259 g/mol. The summed E-state index contributed by atoms with van der Waals surface area (Å²) in [6, 6.07) is 6.38. The van der Waals surface area contributed by atoms with E-state index in [9.17, 15) is 0 Å². The molecule has 0 fully saturated rings. The Hall–Kier alpha value is -0.240. The molecule has 2 atom stereocenters. The van der Waals surface area contributed by atoms with Crippen LogP contribution in [0.25, 0.3) is 0 Å². The van der Waals surface area contributed by atoms with Crippen LogP contribution in [0.3, 0.4) is 0 Å². The summed E-state index contributed by atoms with van der Waals surface area (Å²) in [4.78, 5) is 0. The van der Waals surface area contributed by atoms with Crippen molar-refractivity contribution >= 4 is 23.2 Å². The van der Waals surface area contributed by atoms with Crippen LogP contribution < -0.4 is 5.32 Å². The molecule has 16 heavy (non-hydrogen) atoms. The van der Waals surface area contributed by atoms with E-state index in [4.69, 9.17) is 23.2 Å². The van der Waals surface area contributed by atoms with Gasteiger partial charge in [0.15, 0.2) is 0 Å². The Morgan fingerprint density at radius 2 is 1.88 bits per heavy atom. The Balaban J connectivity index is 2.62. The maximum atomic E-state index is 5.99. The molecule has 1 nitrogen and oxygen atoms in total. The van der Waals surface area contributed by atoms with E-state index in [1.54, 1.807) is 0 Å². The minimum atomic E-state index is 0.513. The Morgan fingerprint density at radius 3 is 2.44 bits per heavy atom. The molecular formula is C13H19Cl2N. The van der Waals surface area contributed by atoms with E-state index in [1.165, 1.54) is 5.56 Å². The van der Waals surface area contributed by atoms with Gasteiger partial charge in [0.25, 0.3) is 0 Å². The molecule has 0 aliphatic heterocycles.